The lowest BCUT2D eigenvalue weighted by molar-refractivity contribution is -0.122. The molecule has 0 heterocycles. The number of rotatable bonds is 7. The van der Waals surface area contributed by atoms with E-state index in [0.717, 1.165) is 31.7 Å². The normalized spacial score (nSPS) is 17.9. The second-order valence-electron chi connectivity index (χ2n) is 4.99. The summed E-state index contributed by atoms with van der Waals surface area (Å²) in [5.41, 5.74) is 0. The zero-order valence-electron chi connectivity index (χ0n) is 10.2. The Labute approximate surface area is 93.0 Å². The van der Waals surface area contributed by atoms with Gasteiger partial charge in [-0.2, -0.15) is 0 Å². The highest BCUT2D eigenvalue weighted by molar-refractivity contribution is 5.81. The molecule has 0 saturated heterocycles. The van der Waals surface area contributed by atoms with Crippen LogP contribution in [0, 0.1) is 5.92 Å². The minimum absolute atomic E-state index is 0.0437. The van der Waals surface area contributed by atoms with Crippen molar-refractivity contribution in [3.63, 3.8) is 0 Å². The number of carbonyl (C=O) groups is 1. The summed E-state index contributed by atoms with van der Waals surface area (Å²) >= 11 is 0. The first-order chi connectivity index (χ1) is 7.09. The van der Waals surface area contributed by atoms with Crippen molar-refractivity contribution in [2.75, 3.05) is 6.54 Å². The average Bonchev–Trinajstić information content (AvgIpc) is 2.95. The molecule has 0 radical (unpaired) electrons. The molecule has 1 unspecified atom stereocenters. The highest BCUT2D eigenvalue weighted by Gasteiger charge is 2.25. The molecular formula is C12H24N2O. The maximum atomic E-state index is 11.5. The monoisotopic (exact) mass is 212 g/mol. The molecule has 1 aliphatic carbocycles. The molecule has 1 amide bonds. The molecule has 0 aliphatic heterocycles. The van der Waals surface area contributed by atoms with Gasteiger partial charge in [-0.05, 0) is 45.1 Å². The van der Waals surface area contributed by atoms with Crippen LogP contribution in [0.3, 0.4) is 0 Å². The summed E-state index contributed by atoms with van der Waals surface area (Å²) < 4.78 is 0. The van der Waals surface area contributed by atoms with Gasteiger partial charge < -0.3 is 10.6 Å². The van der Waals surface area contributed by atoms with Gasteiger partial charge in [-0.1, -0.05) is 13.8 Å². The molecule has 0 spiro atoms. The van der Waals surface area contributed by atoms with Crippen molar-refractivity contribution in [2.24, 2.45) is 5.92 Å². The second-order valence-corrected chi connectivity index (χ2v) is 4.99. The average molecular weight is 212 g/mol. The number of hydrogen-bond donors (Lipinski definition) is 2. The predicted octanol–water partition coefficient (Wildman–Crippen LogP) is 1.68. The summed E-state index contributed by atoms with van der Waals surface area (Å²) in [6, 6.07) is 0.426. The van der Waals surface area contributed by atoms with E-state index in [1.807, 2.05) is 6.92 Å². The minimum Gasteiger partial charge on any atom is -0.352 e. The molecule has 1 fully saturated rings. The largest absolute Gasteiger partial charge is 0.352 e. The van der Waals surface area contributed by atoms with Gasteiger partial charge in [0.15, 0.2) is 0 Å². The third-order valence-corrected chi connectivity index (χ3v) is 2.73. The van der Waals surface area contributed by atoms with Crippen LogP contribution in [0.5, 0.6) is 0 Å². The van der Waals surface area contributed by atoms with Gasteiger partial charge in [0.2, 0.25) is 5.91 Å². The van der Waals surface area contributed by atoms with Crippen molar-refractivity contribution in [3.05, 3.63) is 0 Å². The lowest BCUT2D eigenvalue weighted by Gasteiger charge is -2.14. The topological polar surface area (TPSA) is 41.1 Å². The zero-order valence-corrected chi connectivity index (χ0v) is 10.2. The Kier molecular flexibility index (Phi) is 5.09. The summed E-state index contributed by atoms with van der Waals surface area (Å²) in [4.78, 5) is 11.5. The maximum Gasteiger partial charge on any atom is 0.237 e. The van der Waals surface area contributed by atoms with Crippen LogP contribution in [0.2, 0.25) is 0 Å². The van der Waals surface area contributed by atoms with E-state index in [0.29, 0.717) is 6.04 Å². The van der Waals surface area contributed by atoms with Crippen LogP contribution in [0.4, 0.5) is 0 Å². The highest BCUT2D eigenvalue weighted by Crippen LogP contribution is 2.18. The summed E-state index contributed by atoms with van der Waals surface area (Å²) in [7, 11) is 0. The highest BCUT2D eigenvalue weighted by atomic mass is 16.2. The molecule has 15 heavy (non-hydrogen) atoms. The first-order valence-corrected chi connectivity index (χ1v) is 6.13. The van der Waals surface area contributed by atoms with Gasteiger partial charge in [-0.3, -0.25) is 4.79 Å². The summed E-state index contributed by atoms with van der Waals surface area (Å²) in [5, 5.41) is 6.26. The second kappa shape index (κ2) is 6.11. The first kappa shape index (κ1) is 12.5. The molecule has 2 N–H and O–H groups in total. The molecule has 0 bridgehead atoms. The Balaban J connectivity index is 2.01. The smallest absolute Gasteiger partial charge is 0.237 e. The molecule has 88 valence electrons. The Morgan fingerprint density at radius 2 is 2.00 bits per heavy atom. The quantitative estimate of drug-likeness (QED) is 0.630. The van der Waals surface area contributed by atoms with Crippen molar-refractivity contribution in [2.45, 2.75) is 58.5 Å². The molecule has 3 heteroatoms. The van der Waals surface area contributed by atoms with Crippen molar-refractivity contribution in [3.8, 4) is 0 Å². The van der Waals surface area contributed by atoms with Crippen molar-refractivity contribution < 1.29 is 4.79 Å². The lowest BCUT2D eigenvalue weighted by Crippen LogP contribution is -2.43. The standard InChI is InChI=1S/C12H24N2O/c1-9(2)5-4-8-13-10(3)12(15)14-11-6-7-11/h9-11,13H,4-8H2,1-3H3,(H,14,15). The predicted molar refractivity (Wildman–Crippen MR) is 62.7 cm³/mol. The number of carbonyl (C=O) groups excluding carboxylic acids is 1. The van der Waals surface area contributed by atoms with Gasteiger partial charge in [-0.25, -0.2) is 0 Å². The van der Waals surface area contributed by atoms with E-state index in [9.17, 15) is 4.79 Å². The zero-order chi connectivity index (χ0) is 11.3. The van der Waals surface area contributed by atoms with Crippen LogP contribution in [-0.4, -0.2) is 24.5 Å². The molecule has 1 rings (SSSR count). The molecular weight excluding hydrogens is 188 g/mol. The molecule has 0 aromatic rings. The maximum absolute atomic E-state index is 11.5. The summed E-state index contributed by atoms with van der Waals surface area (Å²) in [6.07, 6.45) is 4.69. The van der Waals surface area contributed by atoms with E-state index in [4.69, 9.17) is 0 Å². The van der Waals surface area contributed by atoms with Crippen LogP contribution in [0.15, 0.2) is 0 Å². The number of amides is 1. The fourth-order valence-corrected chi connectivity index (χ4v) is 1.48. The van der Waals surface area contributed by atoms with E-state index in [1.54, 1.807) is 0 Å². The van der Waals surface area contributed by atoms with Gasteiger partial charge in [0.1, 0.15) is 0 Å². The van der Waals surface area contributed by atoms with Gasteiger partial charge in [0.05, 0.1) is 6.04 Å². The third kappa shape index (κ3) is 5.78. The van der Waals surface area contributed by atoms with Crippen LogP contribution in [0.1, 0.15) is 46.5 Å². The molecule has 1 saturated carbocycles. The molecule has 0 aromatic heterocycles. The molecule has 3 nitrogen and oxygen atoms in total. The van der Waals surface area contributed by atoms with Crippen LogP contribution in [0.25, 0.3) is 0 Å². The van der Waals surface area contributed by atoms with Gasteiger partial charge in [-0.15, -0.1) is 0 Å². The van der Waals surface area contributed by atoms with Gasteiger partial charge in [0.25, 0.3) is 0 Å². The minimum atomic E-state index is -0.0437. The number of hydrogen-bond acceptors (Lipinski definition) is 2. The Hall–Kier alpha value is -0.570. The molecule has 1 aliphatic rings. The van der Waals surface area contributed by atoms with Gasteiger partial charge >= 0.3 is 0 Å². The van der Waals surface area contributed by atoms with Crippen LogP contribution >= 0.6 is 0 Å². The molecule has 1 atom stereocenters. The fourth-order valence-electron chi connectivity index (χ4n) is 1.48. The third-order valence-electron chi connectivity index (χ3n) is 2.73. The lowest BCUT2D eigenvalue weighted by atomic mass is 10.1. The number of nitrogens with one attached hydrogen (secondary N) is 2. The van der Waals surface area contributed by atoms with E-state index in [1.165, 1.54) is 6.42 Å². The van der Waals surface area contributed by atoms with Crippen molar-refractivity contribution in [1.82, 2.24) is 10.6 Å². The first-order valence-electron chi connectivity index (χ1n) is 6.13. The summed E-state index contributed by atoms with van der Waals surface area (Å²) in [5.74, 6) is 0.907. The Morgan fingerprint density at radius 3 is 2.53 bits per heavy atom. The molecule has 0 aromatic carbocycles. The summed E-state index contributed by atoms with van der Waals surface area (Å²) in [6.45, 7) is 7.33. The fraction of sp³-hybridized carbons (Fsp3) is 0.917. The van der Waals surface area contributed by atoms with Crippen molar-refractivity contribution >= 4 is 5.91 Å². The van der Waals surface area contributed by atoms with Crippen LogP contribution < -0.4 is 10.6 Å². The Bertz CT molecular complexity index is 200. The van der Waals surface area contributed by atoms with E-state index < -0.39 is 0 Å². The van der Waals surface area contributed by atoms with E-state index >= 15 is 0 Å². The van der Waals surface area contributed by atoms with E-state index in [2.05, 4.69) is 24.5 Å². The van der Waals surface area contributed by atoms with Gasteiger partial charge in [0, 0.05) is 6.04 Å². The van der Waals surface area contributed by atoms with E-state index in [-0.39, 0.29) is 11.9 Å². The SMILES string of the molecule is CC(C)CCCNC(C)C(=O)NC1CC1. The van der Waals surface area contributed by atoms with Crippen molar-refractivity contribution in [1.29, 1.82) is 0 Å². The Morgan fingerprint density at radius 1 is 1.33 bits per heavy atom. The van der Waals surface area contributed by atoms with Crippen LogP contribution in [-0.2, 0) is 4.79 Å².